The second-order valence-corrected chi connectivity index (χ2v) is 3.53. The number of carbonyl (C=O) groups is 1. The lowest BCUT2D eigenvalue weighted by Crippen LogP contribution is -2.14. The SMILES string of the molecule is O=C(Oc1c(F)c(F)cc(F)c1F)c1cccnc1F. The van der Waals surface area contributed by atoms with Crippen LogP contribution in [0.3, 0.4) is 0 Å². The van der Waals surface area contributed by atoms with E-state index in [1.54, 1.807) is 0 Å². The number of esters is 1. The molecule has 3 nitrogen and oxygen atoms in total. The molecule has 0 saturated carbocycles. The third kappa shape index (κ3) is 2.44. The molecule has 1 aromatic carbocycles. The van der Waals surface area contributed by atoms with E-state index < -0.39 is 46.5 Å². The Morgan fingerprint density at radius 3 is 2.20 bits per heavy atom. The number of hydrogen-bond donors (Lipinski definition) is 0. The van der Waals surface area contributed by atoms with Crippen molar-refractivity contribution >= 4 is 5.97 Å². The van der Waals surface area contributed by atoms with Crippen molar-refractivity contribution in [2.75, 3.05) is 0 Å². The number of hydrogen-bond acceptors (Lipinski definition) is 3. The molecule has 1 aromatic heterocycles. The van der Waals surface area contributed by atoms with Crippen LogP contribution in [0, 0.1) is 29.2 Å². The number of pyridine rings is 1. The molecular formula is C12H4F5NO2. The van der Waals surface area contributed by atoms with Gasteiger partial charge in [-0.3, -0.25) is 0 Å². The lowest BCUT2D eigenvalue weighted by atomic mass is 10.2. The molecule has 8 heteroatoms. The fourth-order valence-corrected chi connectivity index (χ4v) is 1.33. The zero-order chi connectivity index (χ0) is 14.9. The maximum Gasteiger partial charge on any atom is 0.348 e. The standard InChI is InChI=1S/C12H4F5NO2/c13-6-4-7(14)9(16)10(8(6)15)20-12(19)5-2-1-3-18-11(5)17/h1-4H. The summed E-state index contributed by atoms with van der Waals surface area (Å²) in [6.45, 7) is 0. The van der Waals surface area contributed by atoms with Crippen LogP contribution in [0.2, 0.25) is 0 Å². The molecule has 20 heavy (non-hydrogen) atoms. The fraction of sp³-hybridized carbons (Fsp3) is 0. The van der Waals surface area contributed by atoms with E-state index in [2.05, 4.69) is 9.72 Å². The van der Waals surface area contributed by atoms with E-state index in [-0.39, 0.29) is 6.07 Å². The molecule has 0 aliphatic heterocycles. The molecule has 2 rings (SSSR count). The summed E-state index contributed by atoms with van der Waals surface area (Å²) in [7, 11) is 0. The highest BCUT2D eigenvalue weighted by atomic mass is 19.2. The Balaban J connectivity index is 2.41. The van der Waals surface area contributed by atoms with Gasteiger partial charge in [0.15, 0.2) is 11.6 Å². The van der Waals surface area contributed by atoms with Crippen LogP contribution in [0.1, 0.15) is 10.4 Å². The average molecular weight is 289 g/mol. The molecule has 2 aromatic rings. The third-order valence-electron chi connectivity index (χ3n) is 2.25. The maximum atomic E-state index is 13.3. The highest BCUT2D eigenvalue weighted by molar-refractivity contribution is 5.91. The van der Waals surface area contributed by atoms with Gasteiger partial charge in [0.1, 0.15) is 5.56 Å². The highest BCUT2D eigenvalue weighted by Gasteiger charge is 2.24. The van der Waals surface area contributed by atoms with Crippen molar-refractivity contribution in [3.63, 3.8) is 0 Å². The Labute approximate surface area is 108 Å². The lowest BCUT2D eigenvalue weighted by molar-refractivity contribution is 0.0711. The van der Waals surface area contributed by atoms with Crippen LogP contribution in [-0.4, -0.2) is 11.0 Å². The number of aromatic nitrogens is 1. The molecular weight excluding hydrogens is 285 g/mol. The monoisotopic (exact) mass is 289 g/mol. The van der Waals surface area contributed by atoms with Gasteiger partial charge in [-0.05, 0) is 12.1 Å². The van der Waals surface area contributed by atoms with Gasteiger partial charge in [-0.2, -0.15) is 13.2 Å². The first-order valence-electron chi connectivity index (χ1n) is 5.07. The normalized spacial score (nSPS) is 10.4. The van der Waals surface area contributed by atoms with Crippen molar-refractivity contribution in [2.24, 2.45) is 0 Å². The van der Waals surface area contributed by atoms with E-state index in [1.807, 2.05) is 0 Å². The van der Waals surface area contributed by atoms with Crippen LogP contribution in [0.25, 0.3) is 0 Å². The van der Waals surface area contributed by atoms with E-state index in [4.69, 9.17) is 0 Å². The second-order valence-electron chi connectivity index (χ2n) is 3.53. The first-order chi connectivity index (χ1) is 9.41. The van der Waals surface area contributed by atoms with Gasteiger partial charge in [-0.25, -0.2) is 18.6 Å². The zero-order valence-corrected chi connectivity index (χ0v) is 9.46. The number of ether oxygens (including phenoxy) is 1. The van der Waals surface area contributed by atoms with Crippen molar-refractivity contribution < 1.29 is 31.5 Å². The minimum absolute atomic E-state index is 0.0489. The highest BCUT2D eigenvalue weighted by Crippen LogP contribution is 2.27. The molecule has 1 heterocycles. The van der Waals surface area contributed by atoms with Crippen LogP contribution in [0.15, 0.2) is 24.4 Å². The number of rotatable bonds is 2. The topological polar surface area (TPSA) is 39.2 Å². The zero-order valence-electron chi connectivity index (χ0n) is 9.46. The molecule has 0 saturated heterocycles. The molecule has 104 valence electrons. The van der Waals surface area contributed by atoms with Gasteiger partial charge < -0.3 is 4.74 Å². The summed E-state index contributed by atoms with van der Waals surface area (Å²) in [5.41, 5.74) is -0.740. The minimum Gasteiger partial charge on any atom is -0.416 e. The van der Waals surface area contributed by atoms with Gasteiger partial charge in [0, 0.05) is 12.3 Å². The molecule has 0 spiro atoms. The molecule has 0 fully saturated rings. The summed E-state index contributed by atoms with van der Waals surface area (Å²) in [6, 6.07) is 2.04. The number of halogens is 5. The van der Waals surface area contributed by atoms with Crippen molar-refractivity contribution in [1.82, 2.24) is 4.98 Å². The first kappa shape index (κ1) is 13.9. The summed E-state index contributed by atoms with van der Waals surface area (Å²) in [4.78, 5) is 14.6. The molecule has 0 aliphatic rings. The Bertz CT molecular complexity index is 664. The van der Waals surface area contributed by atoms with E-state index in [0.29, 0.717) is 0 Å². The summed E-state index contributed by atoms with van der Waals surface area (Å²) in [5, 5.41) is 0. The molecule has 0 N–H and O–H groups in total. The van der Waals surface area contributed by atoms with Gasteiger partial charge in [-0.15, -0.1) is 0 Å². The summed E-state index contributed by atoms with van der Waals surface area (Å²) in [6.07, 6.45) is 1.02. The smallest absolute Gasteiger partial charge is 0.348 e. The number of benzene rings is 1. The minimum atomic E-state index is -1.90. The van der Waals surface area contributed by atoms with Crippen molar-refractivity contribution in [3.05, 3.63) is 59.2 Å². The predicted molar refractivity (Wildman–Crippen MR) is 55.4 cm³/mol. The van der Waals surface area contributed by atoms with Crippen molar-refractivity contribution in [2.45, 2.75) is 0 Å². The van der Waals surface area contributed by atoms with Crippen LogP contribution < -0.4 is 4.74 Å². The molecule has 0 unspecified atom stereocenters. The quantitative estimate of drug-likeness (QED) is 0.280. The Kier molecular flexibility index (Phi) is 3.64. The van der Waals surface area contributed by atoms with E-state index >= 15 is 0 Å². The summed E-state index contributed by atoms with van der Waals surface area (Å²) in [5.74, 6) is -11.7. The molecule has 0 radical (unpaired) electrons. The molecule has 0 atom stereocenters. The number of nitrogens with zero attached hydrogens (tertiary/aromatic N) is 1. The van der Waals surface area contributed by atoms with Crippen molar-refractivity contribution in [3.8, 4) is 5.75 Å². The predicted octanol–water partition coefficient (Wildman–Crippen LogP) is 3.00. The number of carbonyl (C=O) groups excluding carboxylic acids is 1. The summed E-state index contributed by atoms with van der Waals surface area (Å²) < 4.78 is 69.6. The summed E-state index contributed by atoms with van der Waals surface area (Å²) >= 11 is 0. The molecule has 0 amide bonds. The Morgan fingerprint density at radius 2 is 1.65 bits per heavy atom. The molecule has 0 aliphatic carbocycles. The van der Waals surface area contributed by atoms with Gasteiger partial charge in [0.25, 0.3) is 0 Å². The first-order valence-corrected chi connectivity index (χ1v) is 5.07. The maximum absolute atomic E-state index is 13.3. The largest absolute Gasteiger partial charge is 0.416 e. The second kappa shape index (κ2) is 5.24. The fourth-order valence-electron chi connectivity index (χ4n) is 1.33. The third-order valence-corrected chi connectivity index (χ3v) is 2.25. The van der Waals surface area contributed by atoms with Gasteiger partial charge in [-0.1, -0.05) is 0 Å². The Morgan fingerprint density at radius 1 is 1.05 bits per heavy atom. The van der Waals surface area contributed by atoms with Gasteiger partial charge in [0.2, 0.25) is 23.3 Å². The van der Waals surface area contributed by atoms with Crippen LogP contribution in [0.4, 0.5) is 22.0 Å². The lowest BCUT2D eigenvalue weighted by Gasteiger charge is -2.07. The van der Waals surface area contributed by atoms with Crippen LogP contribution in [0.5, 0.6) is 5.75 Å². The van der Waals surface area contributed by atoms with Gasteiger partial charge in [0.05, 0.1) is 0 Å². The van der Waals surface area contributed by atoms with Crippen molar-refractivity contribution in [1.29, 1.82) is 0 Å². The van der Waals surface area contributed by atoms with E-state index in [9.17, 15) is 26.7 Å². The van der Waals surface area contributed by atoms with E-state index in [1.165, 1.54) is 6.07 Å². The molecule has 0 bridgehead atoms. The Hall–Kier alpha value is -2.51. The van der Waals surface area contributed by atoms with Crippen LogP contribution >= 0.6 is 0 Å². The average Bonchev–Trinajstić information content (AvgIpc) is 2.41. The van der Waals surface area contributed by atoms with Gasteiger partial charge >= 0.3 is 5.97 Å². The van der Waals surface area contributed by atoms with E-state index in [0.717, 1.165) is 12.3 Å². The van der Waals surface area contributed by atoms with Crippen LogP contribution in [-0.2, 0) is 0 Å².